The van der Waals surface area contributed by atoms with E-state index in [0.717, 1.165) is 23.8 Å². The number of hydrogen-bond donors (Lipinski definition) is 1. The summed E-state index contributed by atoms with van der Waals surface area (Å²) in [6.07, 6.45) is 1.03. The van der Waals surface area contributed by atoms with Crippen molar-refractivity contribution in [3.05, 3.63) is 38.8 Å². The average molecular weight is 276 g/mol. The summed E-state index contributed by atoms with van der Waals surface area (Å²) in [4.78, 5) is 8.24. The first kappa shape index (κ1) is 10.7. The first-order chi connectivity index (χ1) is 8.83. The van der Waals surface area contributed by atoms with Crippen LogP contribution in [0.3, 0.4) is 0 Å². The van der Waals surface area contributed by atoms with Gasteiger partial charge in [-0.3, -0.25) is 0 Å². The highest BCUT2D eigenvalue weighted by Crippen LogP contribution is 2.36. The highest BCUT2D eigenvalue weighted by Gasteiger charge is 2.27. The van der Waals surface area contributed by atoms with Gasteiger partial charge in [0.15, 0.2) is 0 Å². The Morgan fingerprint density at radius 3 is 3.28 bits per heavy atom. The maximum absolute atomic E-state index is 4.49. The third kappa shape index (κ3) is 1.46. The van der Waals surface area contributed by atoms with Crippen molar-refractivity contribution in [3.8, 4) is 0 Å². The molecule has 4 rings (SSSR count). The van der Waals surface area contributed by atoms with E-state index in [9.17, 15) is 0 Å². The minimum absolute atomic E-state index is 0.322. The molecule has 0 amide bonds. The van der Waals surface area contributed by atoms with Crippen molar-refractivity contribution in [1.82, 2.24) is 19.9 Å². The molecule has 0 bridgehead atoms. The first-order valence-electron chi connectivity index (χ1n) is 5.94. The number of hydrogen-bond acceptors (Lipinski definition) is 5. The van der Waals surface area contributed by atoms with Crippen molar-refractivity contribution in [3.63, 3.8) is 0 Å². The normalized spacial score (nSPS) is 19.3. The summed E-state index contributed by atoms with van der Waals surface area (Å²) in [5.74, 6) is 0.857. The van der Waals surface area contributed by atoms with Crippen molar-refractivity contribution in [1.29, 1.82) is 0 Å². The summed E-state index contributed by atoms with van der Waals surface area (Å²) in [7, 11) is 0. The second kappa shape index (κ2) is 3.88. The first-order valence-corrected chi connectivity index (χ1v) is 7.64. The number of rotatable bonds is 1. The summed E-state index contributed by atoms with van der Waals surface area (Å²) in [5.41, 5.74) is 1.33. The Hall–Kier alpha value is -1.24. The standard InChI is InChI=1S/C12H12N4S2/c1-7-14-12-16(15-7)8-4-5-13-10(11(8)18-12)9-3-2-6-17-9/h2-3,6,10,13H,4-5H2,1H3. The van der Waals surface area contributed by atoms with E-state index in [0.29, 0.717) is 6.04 Å². The molecule has 0 radical (unpaired) electrons. The molecule has 18 heavy (non-hydrogen) atoms. The topological polar surface area (TPSA) is 42.2 Å². The van der Waals surface area contributed by atoms with Crippen LogP contribution >= 0.6 is 22.7 Å². The molecule has 4 nitrogen and oxygen atoms in total. The van der Waals surface area contributed by atoms with Crippen LogP contribution in [0.5, 0.6) is 0 Å². The largest absolute Gasteiger partial charge is 0.304 e. The van der Waals surface area contributed by atoms with E-state index in [1.165, 1.54) is 15.4 Å². The van der Waals surface area contributed by atoms with Gasteiger partial charge in [0.1, 0.15) is 5.82 Å². The third-order valence-electron chi connectivity index (χ3n) is 3.22. The zero-order chi connectivity index (χ0) is 12.1. The molecule has 0 aromatic carbocycles. The van der Waals surface area contributed by atoms with Crippen LogP contribution in [0.2, 0.25) is 0 Å². The van der Waals surface area contributed by atoms with Crippen LogP contribution in [0.4, 0.5) is 0 Å². The number of nitrogens with one attached hydrogen (secondary N) is 1. The van der Waals surface area contributed by atoms with Crippen LogP contribution in [-0.2, 0) is 6.42 Å². The van der Waals surface area contributed by atoms with Gasteiger partial charge in [-0.1, -0.05) is 17.4 Å². The van der Waals surface area contributed by atoms with Crippen LogP contribution in [0.15, 0.2) is 17.5 Å². The Kier molecular flexibility index (Phi) is 2.30. The van der Waals surface area contributed by atoms with Gasteiger partial charge in [0, 0.05) is 17.8 Å². The predicted octanol–water partition coefficient (Wildman–Crippen LogP) is 2.40. The van der Waals surface area contributed by atoms with Gasteiger partial charge in [-0.05, 0) is 18.4 Å². The molecular formula is C12H12N4S2. The third-order valence-corrected chi connectivity index (χ3v) is 5.30. The lowest BCUT2D eigenvalue weighted by atomic mass is 10.1. The van der Waals surface area contributed by atoms with Gasteiger partial charge < -0.3 is 5.32 Å². The van der Waals surface area contributed by atoms with E-state index < -0.39 is 0 Å². The predicted molar refractivity (Wildman–Crippen MR) is 73.5 cm³/mol. The van der Waals surface area contributed by atoms with Crippen LogP contribution in [0.25, 0.3) is 4.96 Å². The lowest BCUT2D eigenvalue weighted by molar-refractivity contribution is 0.567. The Labute approximate surface area is 112 Å². The van der Waals surface area contributed by atoms with Crippen molar-refractivity contribution in [2.75, 3.05) is 6.54 Å². The highest BCUT2D eigenvalue weighted by atomic mass is 32.1. The molecule has 1 aliphatic rings. The smallest absolute Gasteiger partial charge is 0.212 e. The number of aromatic nitrogens is 3. The number of thiazole rings is 1. The summed E-state index contributed by atoms with van der Waals surface area (Å²) >= 11 is 3.56. The van der Waals surface area contributed by atoms with Gasteiger partial charge in [0.05, 0.1) is 16.6 Å². The minimum Gasteiger partial charge on any atom is -0.304 e. The van der Waals surface area contributed by atoms with Gasteiger partial charge in [-0.15, -0.1) is 11.3 Å². The van der Waals surface area contributed by atoms with E-state index in [4.69, 9.17) is 0 Å². The summed E-state index contributed by atoms with van der Waals surface area (Å²) in [6.45, 7) is 2.95. The lowest BCUT2D eigenvalue weighted by Gasteiger charge is -2.22. The molecule has 4 heterocycles. The van der Waals surface area contributed by atoms with E-state index in [1.54, 1.807) is 22.7 Å². The van der Waals surface area contributed by atoms with Crippen molar-refractivity contribution in [2.45, 2.75) is 19.4 Å². The molecule has 0 fully saturated rings. The van der Waals surface area contributed by atoms with Crippen molar-refractivity contribution >= 4 is 27.6 Å². The summed E-state index contributed by atoms with van der Waals surface area (Å²) < 4.78 is 2.02. The van der Waals surface area contributed by atoms with Crippen molar-refractivity contribution < 1.29 is 0 Å². The van der Waals surface area contributed by atoms with Crippen LogP contribution in [-0.4, -0.2) is 21.1 Å². The molecule has 0 saturated heterocycles. The van der Waals surface area contributed by atoms with E-state index in [2.05, 4.69) is 32.9 Å². The fourth-order valence-corrected chi connectivity index (χ4v) is 4.60. The zero-order valence-electron chi connectivity index (χ0n) is 9.88. The molecular weight excluding hydrogens is 264 g/mol. The monoisotopic (exact) mass is 276 g/mol. The average Bonchev–Trinajstić information content (AvgIpc) is 3.03. The number of fused-ring (bicyclic) bond motifs is 3. The Bertz CT molecular complexity index is 695. The number of nitrogens with zero attached hydrogens (tertiary/aromatic N) is 3. The van der Waals surface area contributed by atoms with Crippen LogP contribution in [0, 0.1) is 6.92 Å². The zero-order valence-corrected chi connectivity index (χ0v) is 11.5. The van der Waals surface area contributed by atoms with Gasteiger partial charge in [-0.2, -0.15) is 5.10 Å². The quantitative estimate of drug-likeness (QED) is 0.742. The molecule has 1 N–H and O–H groups in total. The molecule has 92 valence electrons. The molecule has 3 aromatic heterocycles. The minimum atomic E-state index is 0.322. The molecule has 3 aromatic rings. The second-order valence-corrected chi connectivity index (χ2v) is 6.41. The molecule has 0 spiro atoms. The maximum Gasteiger partial charge on any atom is 0.212 e. The fourth-order valence-electron chi connectivity index (χ4n) is 2.47. The van der Waals surface area contributed by atoms with E-state index in [-0.39, 0.29) is 0 Å². The number of aryl methyl sites for hydroxylation is 1. The van der Waals surface area contributed by atoms with Crippen LogP contribution < -0.4 is 5.32 Å². The second-order valence-electron chi connectivity index (χ2n) is 4.42. The Morgan fingerprint density at radius 1 is 1.50 bits per heavy atom. The molecule has 0 saturated carbocycles. The Balaban J connectivity index is 1.91. The Morgan fingerprint density at radius 2 is 2.44 bits per heavy atom. The molecule has 1 atom stereocenters. The van der Waals surface area contributed by atoms with Crippen LogP contribution in [0.1, 0.15) is 27.3 Å². The molecule has 0 aliphatic carbocycles. The van der Waals surface area contributed by atoms with Gasteiger partial charge >= 0.3 is 0 Å². The van der Waals surface area contributed by atoms with Gasteiger partial charge in [-0.25, -0.2) is 9.50 Å². The van der Waals surface area contributed by atoms with Gasteiger partial charge in [0.25, 0.3) is 0 Å². The maximum atomic E-state index is 4.49. The summed E-state index contributed by atoms with van der Waals surface area (Å²) in [5, 5.41) is 10.2. The fraction of sp³-hybridized carbons (Fsp3) is 0.333. The van der Waals surface area contributed by atoms with E-state index in [1.807, 2.05) is 11.4 Å². The highest BCUT2D eigenvalue weighted by molar-refractivity contribution is 7.17. The van der Waals surface area contributed by atoms with Gasteiger partial charge in [0.2, 0.25) is 4.96 Å². The van der Waals surface area contributed by atoms with E-state index >= 15 is 0 Å². The summed E-state index contributed by atoms with van der Waals surface area (Å²) in [6, 6.07) is 4.62. The number of thiophene rings is 1. The molecule has 1 aliphatic heterocycles. The lowest BCUT2D eigenvalue weighted by Crippen LogP contribution is -2.29. The molecule has 1 unspecified atom stereocenters. The SMILES string of the molecule is Cc1nc2sc3c(n2n1)CCNC3c1cccs1. The molecule has 6 heteroatoms. The van der Waals surface area contributed by atoms with Crippen molar-refractivity contribution in [2.24, 2.45) is 0 Å².